The van der Waals surface area contributed by atoms with E-state index in [0.29, 0.717) is 15.7 Å². The lowest BCUT2D eigenvalue weighted by Gasteiger charge is -2.37. The third kappa shape index (κ3) is 3.90. The fourth-order valence-electron chi connectivity index (χ4n) is 4.61. The minimum absolute atomic E-state index is 0.0606. The molecule has 2 N–H and O–H groups in total. The molecule has 0 unspecified atom stereocenters. The number of allylic oxidation sites excluding steroid dienone is 2. The second-order valence-electron chi connectivity index (χ2n) is 8.37. The highest BCUT2D eigenvalue weighted by atomic mass is 35.5. The zero-order valence-corrected chi connectivity index (χ0v) is 19.7. The van der Waals surface area contributed by atoms with E-state index in [1.54, 1.807) is 24.3 Å². The first-order valence-electron chi connectivity index (χ1n) is 10.4. The highest BCUT2D eigenvalue weighted by Gasteiger charge is 2.38. The molecule has 0 aromatic heterocycles. The van der Waals surface area contributed by atoms with E-state index in [9.17, 15) is 8.42 Å². The molecule has 0 fully saturated rings. The van der Waals surface area contributed by atoms with Gasteiger partial charge in [-0.25, -0.2) is 8.42 Å². The maximum Gasteiger partial charge on any atom is 0.261 e. The van der Waals surface area contributed by atoms with Crippen molar-refractivity contribution in [2.45, 2.75) is 30.2 Å². The van der Waals surface area contributed by atoms with Gasteiger partial charge in [-0.05, 0) is 72.9 Å². The van der Waals surface area contributed by atoms with Gasteiger partial charge in [-0.2, -0.15) is 0 Å². The number of halogens is 2. The summed E-state index contributed by atoms with van der Waals surface area (Å²) < 4.78 is 28.8. The van der Waals surface area contributed by atoms with Crippen LogP contribution < -0.4 is 10.0 Å². The summed E-state index contributed by atoms with van der Waals surface area (Å²) >= 11 is 12.4. The molecule has 1 aliphatic carbocycles. The Morgan fingerprint density at radius 2 is 1.75 bits per heavy atom. The fraction of sp³-hybridized carbons (Fsp3) is 0.200. The lowest BCUT2D eigenvalue weighted by molar-refractivity contribution is 0.425. The van der Waals surface area contributed by atoms with Crippen LogP contribution in [0, 0.1) is 12.8 Å². The second-order valence-corrected chi connectivity index (χ2v) is 10.9. The molecule has 7 heteroatoms. The molecule has 1 heterocycles. The Morgan fingerprint density at radius 3 is 2.50 bits per heavy atom. The summed E-state index contributed by atoms with van der Waals surface area (Å²) in [5.74, 6) is 0.392. The highest BCUT2D eigenvalue weighted by Crippen LogP contribution is 2.50. The van der Waals surface area contributed by atoms with Gasteiger partial charge >= 0.3 is 0 Å². The molecule has 0 bridgehead atoms. The van der Waals surface area contributed by atoms with Crippen molar-refractivity contribution in [2.24, 2.45) is 5.92 Å². The van der Waals surface area contributed by atoms with Crippen molar-refractivity contribution >= 4 is 44.6 Å². The average molecular weight is 485 g/mol. The van der Waals surface area contributed by atoms with Crippen LogP contribution in [0.5, 0.6) is 0 Å². The number of anilines is 2. The first-order chi connectivity index (χ1) is 15.3. The van der Waals surface area contributed by atoms with Crippen molar-refractivity contribution in [3.05, 3.63) is 99.6 Å². The lowest BCUT2D eigenvalue weighted by Crippen LogP contribution is -2.29. The predicted molar refractivity (Wildman–Crippen MR) is 131 cm³/mol. The standard InChI is InChI=1S/C25H22Cl2N2O2S/c1-15-5-8-17(9-6-15)29-32(30,31)18-10-12-24-21(14-18)19-3-2-4-20(19)25(28-24)16-7-11-22(26)23(27)13-16/h2-3,5-14,19-20,25,28-29H,4H2,1H3/t19-,20+,25+/m0/s1. The van der Waals surface area contributed by atoms with Crippen molar-refractivity contribution in [3.8, 4) is 0 Å². The predicted octanol–water partition coefficient (Wildman–Crippen LogP) is 6.93. The van der Waals surface area contributed by atoms with E-state index < -0.39 is 10.0 Å². The van der Waals surface area contributed by atoms with Gasteiger partial charge in [0.25, 0.3) is 10.0 Å². The largest absolute Gasteiger partial charge is 0.378 e. The molecule has 3 aromatic carbocycles. The molecule has 3 atom stereocenters. The summed E-state index contributed by atoms with van der Waals surface area (Å²) in [4.78, 5) is 0.255. The van der Waals surface area contributed by atoms with Crippen LogP contribution in [0.1, 0.15) is 35.1 Å². The fourth-order valence-corrected chi connectivity index (χ4v) is 6.01. The molecule has 164 valence electrons. The van der Waals surface area contributed by atoms with Crippen molar-refractivity contribution in [2.75, 3.05) is 10.0 Å². The number of rotatable bonds is 4. The van der Waals surface area contributed by atoms with Crippen molar-refractivity contribution < 1.29 is 8.42 Å². The molecule has 0 radical (unpaired) electrons. The molecule has 2 aliphatic rings. The van der Waals surface area contributed by atoms with Crippen LogP contribution in [0.4, 0.5) is 11.4 Å². The molecule has 5 rings (SSSR count). The summed E-state index contributed by atoms with van der Waals surface area (Å²) in [6, 6.07) is 18.4. The maximum absolute atomic E-state index is 13.0. The Kier molecular flexibility index (Phi) is 5.44. The Bertz CT molecular complexity index is 1320. The Balaban J connectivity index is 1.48. The summed E-state index contributed by atoms with van der Waals surface area (Å²) in [6.07, 6.45) is 5.25. The SMILES string of the molecule is Cc1ccc(NS(=O)(=O)c2ccc3c(c2)[C@H]2C=CC[C@H]2[C@@H](c2ccc(Cl)c(Cl)c2)N3)cc1. The summed E-state index contributed by atoms with van der Waals surface area (Å²) in [6.45, 7) is 1.96. The van der Waals surface area contributed by atoms with Gasteiger partial charge in [-0.15, -0.1) is 0 Å². The van der Waals surface area contributed by atoms with Crippen LogP contribution in [0.3, 0.4) is 0 Å². The second kappa shape index (κ2) is 8.14. The van der Waals surface area contributed by atoms with Gasteiger partial charge in [0.15, 0.2) is 0 Å². The van der Waals surface area contributed by atoms with Crippen LogP contribution in [0.2, 0.25) is 10.0 Å². The van der Waals surface area contributed by atoms with Crippen LogP contribution in [-0.2, 0) is 10.0 Å². The number of aryl methyl sites for hydroxylation is 1. The van der Waals surface area contributed by atoms with Gasteiger partial charge in [0.1, 0.15) is 0 Å². The smallest absolute Gasteiger partial charge is 0.261 e. The summed E-state index contributed by atoms with van der Waals surface area (Å²) in [7, 11) is -3.70. The molecule has 3 aromatic rings. The molecule has 0 saturated carbocycles. The van der Waals surface area contributed by atoms with E-state index in [0.717, 1.165) is 28.8 Å². The minimum atomic E-state index is -3.70. The van der Waals surface area contributed by atoms with Crippen LogP contribution >= 0.6 is 23.2 Å². The van der Waals surface area contributed by atoms with E-state index in [2.05, 4.69) is 22.2 Å². The molecule has 0 saturated heterocycles. The molecule has 0 spiro atoms. The molecular weight excluding hydrogens is 463 g/mol. The first-order valence-corrected chi connectivity index (χ1v) is 12.7. The van der Waals surface area contributed by atoms with Crippen LogP contribution in [0.25, 0.3) is 0 Å². The average Bonchev–Trinajstić information content (AvgIpc) is 3.26. The van der Waals surface area contributed by atoms with E-state index >= 15 is 0 Å². The number of hydrogen-bond donors (Lipinski definition) is 2. The normalized spacial score (nSPS) is 21.5. The number of benzene rings is 3. The quantitative estimate of drug-likeness (QED) is 0.394. The van der Waals surface area contributed by atoms with E-state index in [1.165, 1.54) is 0 Å². The molecule has 4 nitrogen and oxygen atoms in total. The topological polar surface area (TPSA) is 58.2 Å². The van der Waals surface area contributed by atoms with Gasteiger partial charge in [-0.1, -0.05) is 59.1 Å². The molecule has 1 aliphatic heterocycles. The van der Waals surface area contributed by atoms with Gasteiger partial charge in [-0.3, -0.25) is 4.72 Å². The molecule has 0 amide bonds. The van der Waals surface area contributed by atoms with E-state index in [-0.39, 0.29) is 22.8 Å². The van der Waals surface area contributed by atoms with Crippen LogP contribution in [0.15, 0.2) is 77.7 Å². The monoisotopic (exact) mass is 484 g/mol. The third-order valence-electron chi connectivity index (χ3n) is 6.25. The zero-order chi connectivity index (χ0) is 22.5. The Labute approximate surface area is 198 Å². The third-order valence-corrected chi connectivity index (χ3v) is 8.37. The van der Waals surface area contributed by atoms with E-state index in [1.807, 2.05) is 43.3 Å². The number of fused-ring (bicyclic) bond motifs is 3. The lowest BCUT2D eigenvalue weighted by atomic mass is 9.77. The Morgan fingerprint density at radius 1 is 0.969 bits per heavy atom. The number of hydrogen-bond acceptors (Lipinski definition) is 3. The molecular formula is C25H22Cl2N2O2S. The van der Waals surface area contributed by atoms with Gasteiger partial charge in [0.05, 0.1) is 21.0 Å². The van der Waals surface area contributed by atoms with Gasteiger partial charge in [0.2, 0.25) is 0 Å². The molecule has 32 heavy (non-hydrogen) atoms. The van der Waals surface area contributed by atoms with Crippen molar-refractivity contribution in [1.82, 2.24) is 0 Å². The summed E-state index contributed by atoms with van der Waals surface area (Å²) in [5.41, 5.74) is 4.62. The number of nitrogens with one attached hydrogen (secondary N) is 2. The summed E-state index contributed by atoms with van der Waals surface area (Å²) in [5, 5.41) is 4.67. The highest BCUT2D eigenvalue weighted by molar-refractivity contribution is 7.92. The first kappa shape index (κ1) is 21.4. The zero-order valence-electron chi connectivity index (χ0n) is 17.3. The van der Waals surface area contributed by atoms with Crippen molar-refractivity contribution in [3.63, 3.8) is 0 Å². The van der Waals surface area contributed by atoms with Gasteiger partial charge < -0.3 is 5.32 Å². The van der Waals surface area contributed by atoms with E-state index in [4.69, 9.17) is 23.2 Å². The maximum atomic E-state index is 13.0. The van der Waals surface area contributed by atoms with Gasteiger partial charge in [0, 0.05) is 17.3 Å². The number of sulfonamides is 1. The minimum Gasteiger partial charge on any atom is -0.378 e. The van der Waals surface area contributed by atoms with Crippen LogP contribution in [-0.4, -0.2) is 8.42 Å². The Hall–Kier alpha value is -2.47. The van der Waals surface area contributed by atoms with Crippen molar-refractivity contribution in [1.29, 1.82) is 0 Å².